The molecule has 1 fully saturated rings. The van der Waals surface area contributed by atoms with Gasteiger partial charge in [0.15, 0.2) is 0 Å². The largest absolute Gasteiger partial charge is 0.292 e. The van der Waals surface area contributed by atoms with Crippen molar-refractivity contribution in [3.63, 3.8) is 0 Å². The molecule has 2 aliphatic heterocycles. The summed E-state index contributed by atoms with van der Waals surface area (Å²) in [5.41, 5.74) is 8.55. The molecule has 140 valence electrons. The first kappa shape index (κ1) is 17.5. The van der Waals surface area contributed by atoms with E-state index >= 15 is 0 Å². The van der Waals surface area contributed by atoms with Crippen molar-refractivity contribution in [3.8, 4) is 6.07 Å². The molecule has 1 saturated heterocycles. The van der Waals surface area contributed by atoms with E-state index in [4.69, 9.17) is 0 Å². The maximum atomic E-state index is 10.1. The number of nitrogens with one attached hydrogen (secondary N) is 1. The zero-order chi connectivity index (χ0) is 19.7. The number of fused-ring (bicyclic) bond motifs is 1. The zero-order valence-corrected chi connectivity index (χ0v) is 16.0. The lowest BCUT2D eigenvalue weighted by Gasteiger charge is -2.43. The summed E-state index contributed by atoms with van der Waals surface area (Å²) < 4.78 is 0. The van der Waals surface area contributed by atoms with Crippen molar-refractivity contribution >= 4 is 11.3 Å². The van der Waals surface area contributed by atoms with Gasteiger partial charge in [0.1, 0.15) is 5.54 Å². The Morgan fingerprint density at radius 3 is 2.03 bits per heavy atom. The summed E-state index contributed by atoms with van der Waals surface area (Å²) >= 11 is 0. The summed E-state index contributed by atoms with van der Waals surface area (Å²) in [6.07, 6.45) is 4.48. The van der Waals surface area contributed by atoms with Crippen LogP contribution in [0.15, 0.2) is 103 Å². The van der Waals surface area contributed by atoms with Crippen LogP contribution < -0.4 is 5.43 Å². The second-order valence-electron chi connectivity index (χ2n) is 7.43. The van der Waals surface area contributed by atoms with Crippen molar-refractivity contribution in [1.82, 2.24) is 10.4 Å². The van der Waals surface area contributed by atoms with Crippen LogP contribution in [0.5, 0.6) is 0 Å². The smallest absolute Gasteiger partial charge is 0.117 e. The lowest BCUT2D eigenvalue weighted by atomic mass is 9.75. The number of hydrazine groups is 1. The molecule has 2 unspecified atom stereocenters. The van der Waals surface area contributed by atoms with E-state index in [2.05, 4.69) is 89.3 Å². The third-order valence-corrected chi connectivity index (χ3v) is 5.83. The fraction of sp³-hybridized carbons (Fsp3) is 0.115. The van der Waals surface area contributed by atoms with Gasteiger partial charge < -0.3 is 0 Å². The fourth-order valence-corrected chi connectivity index (χ4v) is 4.45. The zero-order valence-electron chi connectivity index (χ0n) is 16.0. The maximum Gasteiger partial charge on any atom is 0.117 e. The van der Waals surface area contributed by atoms with Crippen LogP contribution in [0, 0.1) is 17.2 Å². The summed E-state index contributed by atoms with van der Waals surface area (Å²) in [7, 11) is 0. The van der Waals surface area contributed by atoms with Gasteiger partial charge in [-0.2, -0.15) is 5.26 Å². The second-order valence-corrected chi connectivity index (χ2v) is 7.43. The number of allylic oxidation sites excluding steroid dienone is 2. The van der Waals surface area contributed by atoms with Crippen molar-refractivity contribution in [1.29, 1.82) is 5.26 Å². The molecule has 0 saturated carbocycles. The van der Waals surface area contributed by atoms with Crippen LogP contribution in [0.2, 0.25) is 0 Å². The van der Waals surface area contributed by atoms with Crippen molar-refractivity contribution in [3.05, 3.63) is 120 Å². The standard InChI is InChI=1S/C26H21N3/c27-18-24-19-28-29-25(21-12-6-2-7-13-21)16-22(20-10-4-1-5-11-20)17-26(24,29)23-14-8-3-9-15-23/h1-17,24,28H,19H2. The molecule has 0 aromatic heterocycles. The van der Waals surface area contributed by atoms with E-state index in [1.807, 2.05) is 30.3 Å². The summed E-state index contributed by atoms with van der Waals surface area (Å²) in [5, 5.41) is 12.3. The van der Waals surface area contributed by atoms with Gasteiger partial charge in [0.25, 0.3) is 0 Å². The summed E-state index contributed by atoms with van der Waals surface area (Å²) in [5.74, 6) is -0.212. The minimum absolute atomic E-state index is 0.212. The van der Waals surface area contributed by atoms with Gasteiger partial charge in [0.2, 0.25) is 0 Å². The first-order chi connectivity index (χ1) is 14.3. The molecule has 3 nitrogen and oxygen atoms in total. The lowest BCUT2D eigenvalue weighted by Crippen LogP contribution is -2.47. The summed E-state index contributed by atoms with van der Waals surface area (Å²) in [6.45, 7) is 0.605. The molecule has 2 heterocycles. The highest BCUT2D eigenvalue weighted by Crippen LogP contribution is 2.49. The number of hydrogen-bond donors (Lipinski definition) is 1. The first-order valence-electron chi connectivity index (χ1n) is 9.87. The molecule has 5 rings (SSSR count). The lowest BCUT2D eigenvalue weighted by molar-refractivity contribution is 0.204. The molecule has 0 amide bonds. The molecule has 3 aromatic rings. The SMILES string of the molecule is N#CC1CNN2C(c3ccccc3)=CC(c3ccccc3)=CC12c1ccccc1. The van der Waals surface area contributed by atoms with Crippen LogP contribution in [0.3, 0.4) is 0 Å². The Balaban J connectivity index is 1.79. The van der Waals surface area contributed by atoms with Gasteiger partial charge in [0.05, 0.1) is 17.7 Å². The minimum atomic E-state index is -0.568. The van der Waals surface area contributed by atoms with Crippen molar-refractivity contribution < 1.29 is 0 Å². The van der Waals surface area contributed by atoms with Gasteiger partial charge in [0, 0.05) is 6.54 Å². The van der Waals surface area contributed by atoms with E-state index in [0.717, 1.165) is 28.0 Å². The van der Waals surface area contributed by atoms with E-state index in [0.29, 0.717) is 6.54 Å². The van der Waals surface area contributed by atoms with Crippen LogP contribution in [-0.4, -0.2) is 11.6 Å². The maximum absolute atomic E-state index is 10.1. The molecule has 3 aromatic carbocycles. The van der Waals surface area contributed by atoms with E-state index < -0.39 is 5.54 Å². The second kappa shape index (κ2) is 7.09. The summed E-state index contributed by atoms with van der Waals surface area (Å²) in [4.78, 5) is 0. The quantitative estimate of drug-likeness (QED) is 0.702. The number of rotatable bonds is 3. The predicted molar refractivity (Wildman–Crippen MR) is 116 cm³/mol. The average Bonchev–Trinajstić information content (AvgIpc) is 3.20. The van der Waals surface area contributed by atoms with Crippen molar-refractivity contribution in [2.24, 2.45) is 5.92 Å². The highest BCUT2D eigenvalue weighted by atomic mass is 15.6. The average molecular weight is 375 g/mol. The van der Waals surface area contributed by atoms with Gasteiger partial charge in [-0.15, -0.1) is 0 Å². The third-order valence-electron chi connectivity index (χ3n) is 5.83. The number of nitrogens with zero attached hydrogens (tertiary/aromatic N) is 2. The Kier molecular flexibility index (Phi) is 4.27. The Hall–Kier alpha value is -3.61. The number of benzene rings is 3. The van der Waals surface area contributed by atoms with Crippen molar-refractivity contribution in [2.75, 3.05) is 6.54 Å². The first-order valence-corrected chi connectivity index (χ1v) is 9.87. The van der Waals surface area contributed by atoms with Gasteiger partial charge >= 0.3 is 0 Å². The molecule has 3 heteroatoms. The van der Waals surface area contributed by atoms with E-state index in [1.165, 1.54) is 0 Å². The molecule has 1 N–H and O–H groups in total. The molecular formula is C26H21N3. The highest BCUT2D eigenvalue weighted by Gasteiger charge is 2.52. The monoisotopic (exact) mass is 375 g/mol. The molecule has 0 radical (unpaired) electrons. The van der Waals surface area contributed by atoms with Crippen LogP contribution >= 0.6 is 0 Å². The molecule has 2 aliphatic rings. The molecule has 0 aliphatic carbocycles. The normalized spacial score (nSPS) is 23.0. The van der Waals surface area contributed by atoms with Crippen molar-refractivity contribution in [2.45, 2.75) is 5.54 Å². The predicted octanol–water partition coefficient (Wildman–Crippen LogP) is 4.98. The van der Waals surface area contributed by atoms with Crippen LogP contribution in [0.1, 0.15) is 16.7 Å². The van der Waals surface area contributed by atoms with E-state index in [9.17, 15) is 5.26 Å². The Morgan fingerprint density at radius 1 is 0.828 bits per heavy atom. The van der Waals surface area contributed by atoms with E-state index in [1.54, 1.807) is 0 Å². The van der Waals surface area contributed by atoms with Crippen LogP contribution in [0.25, 0.3) is 11.3 Å². The Bertz CT molecular complexity index is 1110. The summed E-state index contributed by atoms with van der Waals surface area (Å²) in [6, 6.07) is 33.7. The molecule has 0 bridgehead atoms. The van der Waals surface area contributed by atoms with E-state index in [-0.39, 0.29) is 5.92 Å². The molecular weight excluding hydrogens is 354 g/mol. The topological polar surface area (TPSA) is 39.1 Å². The third kappa shape index (κ3) is 2.77. The highest BCUT2D eigenvalue weighted by molar-refractivity contribution is 5.87. The molecule has 29 heavy (non-hydrogen) atoms. The molecule has 2 atom stereocenters. The number of hydrogen-bond acceptors (Lipinski definition) is 3. The van der Waals surface area contributed by atoms with Crippen LogP contribution in [-0.2, 0) is 5.54 Å². The minimum Gasteiger partial charge on any atom is -0.292 e. The Labute approximate surface area is 171 Å². The number of nitriles is 1. The van der Waals surface area contributed by atoms with Gasteiger partial charge in [-0.25, -0.2) is 5.43 Å². The fourth-order valence-electron chi connectivity index (χ4n) is 4.45. The Morgan fingerprint density at radius 2 is 1.41 bits per heavy atom. The van der Waals surface area contributed by atoms with Gasteiger partial charge in [-0.05, 0) is 34.4 Å². The molecule has 0 spiro atoms. The van der Waals surface area contributed by atoms with Crippen LogP contribution in [0.4, 0.5) is 0 Å². The van der Waals surface area contributed by atoms with Gasteiger partial charge in [-0.3, -0.25) is 5.01 Å². The van der Waals surface area contributed by atoms with Gasteiger partial charge in [-0.1, -0.05) is 91.0 Å².